The first-order chi connectivity index (χ1) is 13.1. The van der Waals surface area contributed by atoms with Crippen molar-refractivity contribution in [3.8, 4) is 0 Å². The number of aliphatic hydroxyl groups excluding tert-OH is 1. The highest BCUT2D eigenvalue weighted by Gasteiger charge is 2.34. The van der Waals surface area contributed by atoms with Crippen LogP contribution >= 0.6 is 0 Å². The lowest BCUT2D eigenvalue weighted by molar-refractivity contribution is -0.127. The quantitative estimate of drug-likeness (QED) is 0.812. The number of furan rings is 1. The van der Waals surface area contributed by atoms with Crippen molar-refractivity contribution in [2.24, 2.45) is 5.92 Å². The Morgan fingerprint density at radius 3 is 2.56 bits per heavy atom. The minimum Gasteiger partial charge on any atom is -0.453 e. The van der Waals surface area contributed by atoms with Crippen molar-refractivity contribution in [1.82, 2.24) is 15.1 Å². The second-order valence-corrected chi connectivity index (χ2v) is 8.06. The van der Waals surface area contributed by atoms with Gasteiger partial charge in [-0.05, 0) is 57.2 Å². The van der Waals surface area contributed by atoms with Gasteiger partial charge in [0.05, 0.1) is 5.92 Å². The van der Waals surface area contributed by atoms with Gasteiger partial charge in [-0.15, -0.1) is 0 Å². The van der Waals surface area contributed by atoms with E-state index in [2.05, 4.69) is 10.2 Å². The number of aliphatic hydroxyl groups is 1. The molecule has 1 aromatic rings. The molecule has 4 rings (SSSR count). The number of rotatable bonds is 5. The Balaban J connectivity index is 1.28. The fourth-order valence-corrected chi connectivity index (χ4v) is 4.27. The molecule has 0 radical (unpaired) electrons. The van der Waals surface area contributed by atoms with Crippen LogP contribution in [0.4, 0.5) is 0 Å². The molecule has 1 unspecified atom stereocenters. The van der Waals surface area contributed by atoms with E-state index in [1.54, 1.807) is 12.1 Å². The topological polar surface area (TPSA) is 86.0 Å². The summed E-state index contributed by atoms with van der Waals surface area (Å²) in [7, 11) is 0. The van der Waals surface area contributed by atoms with Crippen molar-refractivity contribution >= 4 is 11.8 Å². The second kappa shape index (κ2) is 8.02. The zero-order valence-electron chi connectivity index (χ0n) is 15.7. The summed E-state index contributed by atoms with van der Waals surface area (Å²) in [5.41, 5.74) is 0. The molecule has 1 atom stereocenters. The average Bonchev–Trinajstić information content (AvgIpc) is 3.40. The molecule has 2 amide bonds. The van der Waals surface area contributed by atoms with E-state index in [9.17, 15) is 9.59 Å². The van der Waals surface area contributed by atoms with Crippen molar-refractivity contribution in [2.45, 2.75) is 57.2 Å². The molecule has 7 nitrogen and oxygen atoms in total. The molecule has 3 aliphatic rings. The van der Waals surface area contributed by atoms with Gasteiger partial charge in [0.2, 0.25) is 5.91 Å². The number of hydrogen-bond acceptors (Lipinski definition) is 5. The third kappa shape index (κ3) is 4.35. The van der Waals surface area contributed by atoms with Crippen molar-refractivity contribution in [3.63, 3.8) is 0 Å². The third-order valence-electron chi connectivity index (χ3n) is 6.04. The molecule has 3 heterocycles. The molecule has 1 aliphatic carbocycles. The number of piperidine rings is 2. The molecule has 2 aliphatic heterocycles. The first-order valence-electron chi connectivity index (χ1n) is 10.2. The van der Waals surface area contributed by atoms with Gasteiger partial charge in [0.1, 0.15) is 12.4 Å². The van der Waals surface area contributed by atoms with E-state index in [0.29, 0.717) is 36.7 Å². The fraction of sp³-hybridized carbons (Fsp3) is 0.700. The maximum absolute atomic E-state index is 12.5. The Labute approximate surface area is 159 Å². The van der Waals surface area contributed by atoms with Crippen molar-refractivity contribution in [2.75, 3.05) is 26.2 Å². The minimum atomic E-state index is -0.195. The maximum atomic E-state index is 12.5. The normalized spacial score (nSPS) is 24.8. The van der Waals surface area contributed by atoms with Crippen LogP contribution in [0.2, 0.25) is 0 Å². The van der Waals surface area contributed by atoms with Crippen molar-refractivity contribution in [1.29, 1.82) is 0 Å². The van der Waals surface area contributed by atoms with Crippen molar-refractivity contribution < 1.29 is 19.1 Å². The first-order valence-corrected chi connectivity index (χ1v) is 10.2. The van der Waals surface area contributed by atoms with Crippen LogP contribution < -0.4 is 5.32 Å². The summed E-state index contributed by atoms with van der Waals surface area (Å²) in [5, 5.41) is 12.2. The van der Waals surface area contributed by atoms with Crippen LogP contribution in [0.5, 0.6) is 0 Å². The lowest BCUT2D eigenvalue weighted by Gasteiger charge is -2.41. The van der Waals surface area contributed by atoms with E-state index >= 15 is 0 Å². The highest BCUT2D eigenvalue weighted by molar-refractivity contribution is 5.91. The van der Waals surface area contributed by atoms with Gasteiger partial charge in [0, 0.05) is 31.7 Å². The molecule has 1 aromatic heterocycles. The zero-order valence-corrected chi connectivity index (χ0v) is 15.7. The van der Waals surface area contributed by atoms with E-state index in [-0.39, 0.29) is 24.3 Å². The Morgan fingerprint density at radius 1 is 1.11 bits per heavy atom. The highest BCUT2D eigenvalue weighted by atomic mass is 16.4. The van der Waals surface area contributed by atoms with Crippen LogP contribution in [0.3, 0.4) is 0 Å². The van der Waals surface area contributed by atoms with Crippen LogP contribution in [0.1, 0.15) is 54.8 Å². The third-order valence-corrected chi connectivity index (χ3v) is 6.04. The standard InChI is InChI=1S/C20H29N3O4/c24-13-17-5-6-18(27-17)20(26)22-10-7-16(8-11-22)23-9-1-2-14(12-23)19(25)21-15-3-4-15/h5-6,14-16,24H,1-4,7-13H2,(H,21,25). The molecule has 0 bridgehead atoms. The molecular weight excluding hydrogens is 346 g/mol. The van der Waals surface area contributed by atoms with E-state index in [4.69, 9.17) is 9.52 Å². The van der Waals surface area contributed by atoms with Gasteiger partial charge < -0.3 is 19.7 Å². The number of carbonyl (C=O) groups excluding carboxylic acids is 2. The van der Waals surface area contributed by atoms with Crippen LogP contribution in [-0.4, -0.2) is 65.0 Å². The predicted octanol–water partition coefficient (Wildman–Crippen LogP) is 1.37. The molecular formula is C20H29N3O4. The van der Waals surface area contributed by atoms with Crippen LogP contribution in [0.15, 0.2) is 16.5 Å². The molecule has 0 aromatic carbocycles. The number of hydrogen-bond donors (Lipinski definition) is 2. The van der Waals surface area contributed by atoms with Crippen LogP contribution in [0, 0.1) is 5.92 Å². The van der Waals surface area contributed by atoms with Crippen LogP contribution in [0.25, 0.3) is 0 Å². The molecule has 0 spiro atoms. The molecule has 2 N–H and O–H groups in total. The largest absolute Gasteiger partial charge is 0.453 e. The Morgan fingerprint density at radius 2 is 1.89 bits per heavy atom. The Hall–Kier alpha value is -1.86. The number of likely N-dealkylation sites (tertiary alicyclic amines) is 2. The SMILES string of the molecule is O=C(NC1CC1)C1CCCN(C2CCN(C(=O)c3ccc(CO)o3)CC2)C1. The number of nitrogens with one attached hydrogen (secondary N) is 1. The second-order valence-electron chi connectivity index (χ2n) is 8.06. The van der Waals surface area contributed by atoms with Gasteiger partial charge in [-0.3, -0.25) is 14.5 Å². The van der Waals surface area contributed by atoms with Gasteiger partial charge in [0.15, 0.2) is 5.76 Å². The van der Waals surface area contributed by atoms with E-state index in [0.717, 1.165) is 51.6 Å². The smallest absolute Gasteiger partial charge is 0.289 e. The monoisotopic (exact) mass is 375 g/mol. The molecule has 148 valence electrons. The average molecular weight is 375 g/mol. The van der Waals surface area contributed by atoms with E-state index in [1.165, 1.54) is 0 Å². The van der Waals surface area contributed by atoms with Gasteiger partial charge >= 0.3 is 0 Å². The molecule has 3 fully saturated rings. The van der Waals surface area contributed by atoms with E-state index in [1.807, 2.05) is 4.90 Å². The predicted molar refractivity (Wildman–Crippen MR) is 99.0 cm³/mol. The number of carbonyl (C=O) groups is 2. The number of amides is 2. The first kappa shape index (κ1) is 18.5. The lowest BCUT2D eigenvalue weighted by atomic mass is 9.93. The summed E-state index contributed by atoms with van der Waals surface area (Å²) in [6.07, 6.45) is 6.16. The molecule has 2 saturated heterocycles. The summed E-state index contributed by atoms with van der Waals surface area (Å²) < 4.78 is 5.37. The van der Waals surface area contributed by atoms with Crippen LogP contribution in [-0.2, 0) is 11.4 Å². The Bertz CT molecular complexity index is 677. The van der Waals surface area contributed by atoms with E-state index < -0.39 is 0 Å². The lowest BCUT2D eigenvalue weighted by Crippen LogP contribution is -2.51. The summed E-state index contributed by atoms with van der Waals surface area (Å²) in [5.74, 6) is 0.948. The summed E-state index contributed by atoms with van der Waals surface area (Å²) >= 11 is 0. The fourth-order valence-electron chi connectivity index (χ4n) is 4.27. The molecule has 7 heteroatoms. The maximum Gasteiger partial charge on any atom is 0.289 e. The molecule has 1 saturated carbocycles. The van der Waals surface area contributed by atoms with Gasteiger partial charge in [0.25, 0.3) is 5.91 Å². The van der Waals surface area contributed by atoms with Gasteiger partial charge in [-0.25, -0.2) is 0 Å². The summed E-state index contributed by atoms with van der Waals surface area (Å²) in [6, 6.07) is 4.14. The van der Waals surface area contributed by atoms with Crippen molar-refractivity contribution in [3.05, 3.63) is 23.7 Å². The minimum absolute atomic E-state index is 0.103. The number of nitrogens with zero attached hydrogens (tertiary/aromatic N) is 2. The van der Waals surface area contributed by atoms with Gasteiger partial charge in [-0.1, -0.05) is 0 Å². The Kier molecular flexibility index (Phi) is 5.50. The summed E-state index contributed by atoms with van der Waals surface area (Å²) in [6.45, 7) is 3.10. The van der Waals surface area contributed by atoms with Gasteiger partial charge in [-0.2, -0.15) is 0 Å². The zero-order chi connectivity index (χ0) is 18.8. The summed E-state index contributed by atoms with van der Waals surface area (Å²) in [4.78, 5) is 29.2. The molecule has 27 heavy (non-hydrogen) atoms. The highest BCUT2D eigenvalue weighted by Crippen LogP contribution is 2.26.